The van der Waals surface area contributed by atoms with Crippen molar-refractivity contribution < 1.29 is 4.74 Å². The van der Waals surface area contributed by atoms with E-state index in [9.17, 15) is 0 Å². The highest BCUT2D eigenvalue weighted by atomic mass is 35.5. The van der Waals surface area contributed by atoms with Gasteiger partial charge in [0.2, 0.25) is 0 Å². The van der Waals surface area contributed by atoms with E-state index in [0.29, 0.717) is 12.0 Å². The first-order valence-electron chi connectivity index (χ1n) is 7.96. The Balaban J connectivity index is 2.13. The number of halogens is 1. The van der Waals surface area contributed by atoms with Gasteiger partial charge in [0.1, 0.15) is 0 Å². The molecule has 1 aliphatic heterocycles. The predicted octanol–water partition coefficient (Wildman–Crippen LogP) is 3.70. The Kier molecular flexibility index (Phi) is 6.34. The largest absolute Gasteiger partial charge is 0.375 e. The number of hydrogen-bond donors (Lipinski definition) is 1. The molecule has 0 amide bonds. The highest BCUT2D eigenvalue weighted by Crippen LogP contribution is 2.31. The van der Waals surface area contributed by atoms with Crippen molar-refractivity contribution in [2.24, 2.45) is 5.92 Å². The topological polar surface area (TPSA) is 24.5 Å². The van der Waals surface area contributed by atoms with Crippen LogP contribution in [0.15, 0.2) is 18.2 Å². The molecule has 1 heterocycles. The first kappa shape index (κ1) is 16.6. The van der Waals surface area contributed by atoms with Gasteiger partial charge in [-0.1, -0.05) is 44.5 Å². The Morgan fingerprint density at radius 2 is 2.24 bits per heavy atom. The average Bonchev–Trinajstić information content (AvgIpc) is 2.47. The first-order valence-corrected chi connectivity index (χ1v) is 8.34. The lowest BCUT2D eigenvalue weighted by atomic mass is 10.1. The van der Waals surface area contributed by atoms with E-state index in [4.69, 9.17) is 16.3 Å². The molecule has 4 heteroatoms. The van der Waals surface area contributed by atoms with Crippen LogP contribution in [-0.2, 0) is 11.3 Å². The molecule has 1 aromatic carbocycles. The molecule has 21 heavy (non-hydrogen) atoms. The Labute approximate surface area is 133 Å². The highest BCUT2D eigenvalue weighted by molar-refractivity contribution is 6.33. The second-order valence-corrected chi connectivity index (χ2v) is 6.53. The minimum atomic E-state index is 0.312. The summed E-state index contributed by atoms with van der Waals surface area (Å²) in [6, 6.07) is 6.19. The van der Waals surface area contributed by atoms with E-state index in [1.165, 1.54) is 11.3 Å². The SMILES string of the molecule is CCC1CN(c2c(Cl)cccc2CNCC(C)C)CCO1. The van der Waals surface area contributed by atoms with Crippen LogP contribution in [0.25, 0.3) is 0 Å². The number of para-hydroxylation sites is 1. The maximum absolute atomic E-state index is 6.48. The van der Waals surface area contributed by atoms with Crippen molar-refractivity contribution in [2.75, 3.05) is 31.1 Å². The summed E-state index contributed by atoms with van der Waals surface area (Å²) in [5.41, 5.74) is 2.46. The highest BCUT2D eigenvalue weighted by Gasteiger charge is 2.22. The van der Waals surface area contributed by atoms with Crippen molar-refractivity contribution in [1.82, 2.24) is 5.32 Å². The summed E-state index contributed by atoms with van der Waals surface area (Å²) < 4.78 is 5.77. The van der Waals surface area contributed by atoms with Crippen LogP contribution >= 0.6 is 11.6 Å². The molecule has 0 radical (unpaired) electrons. The molecule has 1 N–H and O–H groups in total. The molecule has 1 aliphatic rings. The van der Waals surface area contributed by atoms with Crippen molar-refractivity contribution >= 4 is 17.3 Å². The van der Waals surface area contributed by atoms with Gasteiger partial charge in [0.05, 0.1) is 23.4 Å². The number of ether oxygens (including phenoxy) is 1. The fourth-order valence-electron chi connectivity index (χ4n) is 2.72. The van der Waals surface area contributed by atoms with Crippen LogP contribution in [0.5, 0.6) is 0 Å². The number of hydrogen-bond acceptors (Lipinski definition) is 3. The Morgan fingerprint density at radius 1 is 1.43 bits per heavy atom. The maximum atomic E-state index is 6.48. The second-order valence-electron chi connectivity index (χ2n) is 6.12. The summed E-state index contributed by atoms with van der Waals surface area (Å²) in [5.74, 6) is 0.653. The molecule has 0 saturated carbocycles. The van der Waals surface area contributed by atoms with Crippen LogP contribution in [0.4, 0.5) is 5.69 Å². The van der Waals surface area contributed by atoms with Gasteiger partial charge in [0.25, 0.3) is 0 Å². The van der Waals surface area contributed by atoms with Gasteiger partial charge in [-0.15, -0.1) is 0 Å². The van der Waals surface area contributed by atoms with Gasteiger partial charge in [0, 0.05) is 19.6 Å². The van der Waals surface area contributed by atoms with Gasteiger partial charge in [-0.3, -0.25) is 0 Å². The minimum Gasteiger partial charge on any atom is -0.375 e. The van der Waals surface area contributed by atoms with Gasteiger partial charge >= 0.3 is 0 Å². The predicted molar refractivity (Wildman–Crippen MR) is 90.2 cm³/mol. The van der Waals surface area contributed by atoms with E-state index in [1.54, 1.807) is 0 Å². The molecule has 1 saturated heterocycles. The molecule has 1 fully saturated rings. The zero-order valence-electron chi connectivity index (χ0n) is 13.4. The third kappa shape index (κ3) is 4.60. The third-order valence-electron chi connectivity index (χ3n) is 3.85. The summed E-state index contributed by atoms with van der Waals surface area (Å²) in [6.45, 7) is 11.1. The number of benzene rings is 1. The molecule has 0 aromatic heterocycles. The summed E-state index contributed by atoms with van der Waals surface area (Å²) in [7, 11) is 0. The fraction of sp³-hybridized carbons (Fsp3) is 0.647. The lowest BCUT2D eigenvalue weighted by Gasteiger charge is -2.36. The van der Waals surface area contributed by atoms with E-state index in [2.05, 4.69) is 37.1 Å². The zero-order valence-corrected chi connectivity index (χ0v) is 14.1. The van der Waals surface area contributed by atoms with Gasteiger partial charge in [0.15, 0.2) is 0 Å². The number of nitrogens with zero attached hydrogens (tertiary/aromatic N) is 1. The van der Waals surface area contributed by atoms with Crippen molar-refractivity contribution in [3.63, 3.8) is 0 Å². The van der Waals surface area contributed by atoms with Gasteiger partial charge in [-0.05, 0) is 30.5 Å². The van der Waals surface area contributed by atoms with Gasteiger partial charge < -0.3 is 15.0 Å². The molecule has 3 nitrogen and oxygen atoms in total. The third-order valence-corrected chi connectivity index (χ3v) is 4.15. The molecule has 0 bridgehead atoms. The van der Waals surface area contributed by atoms with Crippen LogP contribution in [0.1, 0.15) is 32.8 Å². The van der Waals surface area contributed by atoms with Crippen molar-refractivity contribution in [3.8, 4) is 0 Å². The Hall–Kier alpha value is -0.770. The normalized spacial score (nSPS) is 19.3. The Bertz CT molecular complexity index is 450. The van der Waals surface area contributed by atoms with Crippen LogP contribution in [0.3, 0.4) is 0 Å². The molecule has 2 rings (SSSR count). The van der Waals surface area contributed by atoms with Gasteiger partial charge in [-0.25, -0.2) is 0 Å². The molecule has 1 aromatic rings. The number of rotatable bonds is 6. The van der Waals surface area contributed by atoms with Crippen LogP contribution < -0.4 is 10.2 Å². The van der Waals surface area contributed by atoms with Crippen LogP contribution in [0, 0.1) is 5.92 Å². The minimum absolute atomic E-state index is 0.312. The van der Waals surface area contributed by atoms with E-state index in [-0.39, 0.29) is 0 Å². The second kappa shape index (κ2) is 8.02. The standard InChI is InChI=1S/C17H27ClN2O/c1-4-15-12-20(8-9-21-15)17-14(6-5-7-16(17)18)11-19-10-13(2)3/h5-7,13,15,19H,4,8-12H2,1-3H3. The molecule has 0 spiro atoms. The van der Waals surface area contributed by atoms with E-state index in [0.717, 1.165) is 44.2 Å². The van der Waals surface area contributed by atoms with E-state index < -0.39 is 0 Å². The summed E-state index contributed by atoms with van der Waals surface area (Å²) in [6.07, 6.45) is 1.36. The summed E-state index contributed by atoms with van der Waals surface area (Å²) >= 11 is 6.48. The molecule has 1 atom stereocenters. The Morgan fingerprint density at radius 3 is 2.95 bits per heavy atom. The lowest BCUT2D eigenvalue weighted by Crippen LogP contribution is -2.43. The van der Waals surface area contributed by atoms with Crippen molar-refractivity contribution in [3.05, 3.63) is 28.8 Å². The van der Waals surface area contributed by atoms with Crippen LogP contribution in [-0.4, -0.2) is 32.3 Å². The number of nitrogens with one attached hydrogen (secondary N) is 1. The molecular weight excluding hydrogens is 284 g/mol. The van der Waals surface area contributed by atoms with Crippen LogP contribution in [0.2, 0.25) is 5.02 Å². The fourth-order valence-corrected chi connectivity index (χ4v) is 3.04. The summed E-state index contributed by atoms with van der Waals surface area (Å²) in [5, 5.41) is 4.36. The lowest BCUT2D eigenvalue weighted by molar-refractivity contribution is 0.0384. The van der Waals surface area contributed by atoms with Gasteiger partial charge in [-0.2, -0.15) is 0 Å². The van der Waals surface area contributed by atoms with Crippen molar-refractivity contribution in [2.45, 2.75) is 39.8 Å². The molecule has 118 valence electrons. The quantitative estimate of drug-likeness (QED) is 0.867. The average molecular weight is 311 g/mol. The summed E-state index contributed by atoms with van der Waals surface area (Å²) in [4.78, 5) is 2.38. The molecular formula is C17H27ClN2O. The monoisotopic (exact) mass is 310 g/mol. The van der Waals surface area contributed by atoms with Crippen molar-refractivity contribution in [1.29, 1.82) is 0 Å². The van der Waals surface area contributed by atoms with E-state index >= 15 is 0 Å². The zero-order chi connectivity index (χ0) is 15.2. The van der Waals surface area contributed by atoms with E-state index in [1.807, 2.05) is 12.1 Å². The first-order chi connectivity index (χ1) is 10.1. The number of anilines is 1. The molecule has 1 unspecified atom stereocenters. The smallest absolute Gasteiger partial charge is 0.0748 e. The maximum Gasteiger partial charge on any atom is 0.0748 e. The molecule has 0 aliphatic carbocycles. The number of morpholine rings is 1.